The predicted octanol–water partition coefficient (Wildman–Crippen LogP) is 3.35. The second-order valence-corrected chi connectivity index (χ2v) is 8.48. The van der Waals surface area contributed by atoms with Crippen molar-refractivity contribution in [2.45, 2.75) is 52.0 Å². The van der Waals surface area contributed by atoms with Crippen LogP contribution in [0.2, 0.25) is 0 Å². The van der Waals surface area contributed by atoms with Crippen LogP contribution in [0.3, 0.4) is 0 Å². The number of benzene rings is 1. The SMILES string of the molecule is CC1CC(C(=O)N(C)[C@@H](C)CCCc2nc3c4cc(F)cc(F)c4nc(N)n3n2)C1. The van der Waals surface area contributed by atoms with Gasteiger partial charge in [-0.1, -0.05) is 6.92 Å². The van der Waals surface area contributed by atoms with E-state index in [1.165, 1.54) is 10.6 Å². The highest BCUT2D eigenvalue weighted by Crippen LogP contribution is 2.34. The van der Waals surface area contributed by atoms with Crippen molar-refractivity contribution in [1.29, 1.82) is 0 Å². The molecule has 160 valence electrons. The van der Waals surface area contributed by atoms with E-state index in [1.807, 2.05) is 18.9 Å². The molecule has 0 unspecified atom stereocenters. The summed E-state index contributed by atoms with van der Waals surface area (Å²) in [6.07, 6.45) is 4.09. The number of carbonyl (C=O) groups excluding carboxylic acids is 1. The fourth-order valence-corrected chi connectivity index (χ4v) is 4.17. The Kier molecular flexibility index (Phi) is 5.29. The Morgan fingerprint density at radius 1 is 1.33 bits per heavy atom. The highest BCUT2D eigenvalue weighted by Gasteiger charge is 2.34. The Morgan fingerprint density at radius 3 is 2.77 bits per heavy atom. The molecule has 0 spiro atoms. The molecule has 1 atom stereocenters. The molecule has 30 heavy (non-hydrogen) atoms. The van der Waals surface area contributed by atoms with Gasteiger partial charge in [-0.15, -0.1) is 5.10 Å². The van der Waals surface area contributed by atoms with Crippen molar-refractivity contribution >= 4 is 28.4 Å². The first kappa shape index (κ1) is 20.4. The topological polar surface area (TPSA) is 89.4 Å². The maximum Gasteiger partial charge on any atom is 0.225 e. The molecule has 0 saturated heterocycles. The van der Waals surface area contributed by atoms with Crippen molar-refractivity contribution in [3.63, 3.8) is 0 Å². The Bertz CT molecular complexity index is 1110. The van der Waals surface area contributed by atoms with Gasteiger partial charge in [0.2, 0.25) is 11.9 Å². The van der Waals surface area contributed by atoms with E-state index in [1.54, 1.807) is 0 Å². The number of hydrogen-bond donors (Lipinski definition) is 1. The molecule has 2 aromatic heterocycles. The van der Waals surface area contributed by atoms with Gasteiger partial charge in [-0.05, 0) is 44.6 Å². The van der Waals surface area contributed by atoms with Gasteiger partial charge >= 0.3 is 0 Å². The molecular weight excluding hydrogens is 390 g/mol. The molecule has 0 radical (unpaired) electrons. The number of nitrogens with two attached hydrogens (primary N) is 1. The van der Waals surface area contributed by atoms with Crippen LogP contribution < -0.4 is 5.73 Å². The molecule has 1 aromatic carbocycles. The fourth-order valence-electron chi connectivity index (χ4n) is 4.17. The van der Waals surface area contributed by atoms with Crippen LogP contribution in [0.1, 0.15) is 45.4 Å². The third-order valence-corrected chi connectivity index (χ3v) is 6.12. The van der Waals surface area contributed by atoms with E-state index in [2.05, 4.69) is 22.0 Å². The molecule has 0 aliphatic heterocycles. The normalized spacial score (nSPS) is 19.8. The average molecular weight is 416 g/mol. The third-order valence-electron chi connectivity index (χ3n) is 6.12. The summed E-state index contributed by atoms with van der Waals surface area (Å²) >= 11 is 0. The number of halogens is 2. The van der Waals surface area contributed by atoms with E-state index in [0.29, 0.717) is 18.2 Å². The molecule has 4 rings (SSSR count). The first-order valence-electron chi connectivity index (χ1n) is 10.3. The van der Waals surface area contributed by atoms with Crippen LogP contribution in [0.25, 0.3) is 16.6 Å². The zero-order valence-corrected chi connectivity index (χ0v) is 17.4. The Labute approximate surface area is 173 Å². The number of nitrogen functional groups attached to an aromatic ring is 1. The zero-order chi connectivity index (χ0) is 21.6. The minimum Gasteiger partial charge on any atom is -0.368 e. The minimum absolute atomic E-state index is 0.00446. The van der Waals surface area contributed by atoms with Gasteiger partial charge in [0.1, 0.15) is 11.3 Å². The summed E-state index contributed by atoms with van der Waals surface area (Å²) in [5.74, 6) is 0.0538. The minimum atomic E-state index is -0.786. The van der Waals surface area contributed by atoms with Crippen molar-refractivity contribution in [3.05, 3.63) is 29.6 Å². The second-order valence-electron chi connectivity index (χ2n) is 8.48. The summed E-state index contributed by atoms with van der Waals surface area (Å²) in [5.41, 5.74) is 6.15. The van der Waals surface area contributed by atoms with Crippen LogP contribution in [0.15, 0.2) is 12.1 Å². The van der Waals surface area contributed by atoms with E-state index in [9.17, 15) is 13.6 Å². The van der Waals surface area contributed by atoms with Crippen molar-refractivity contribution in [2.24, 2.45) is 11.8 Å². The largest absolute Gasteiger partial charge is 0.368 e. The molecule has 3 aromatic rings. The monoisotopic (exact) mass is 416 g/mol. The zero-order valence-electron chi connectivity index (χ0n) is 17.4. The summed E-state index contributed by atoms with van der Waals surface area (Å²) in [4.78, 5) is 22.8. The number of nitrogens with zero attached hydrogens (tertiary/aromatic N) is 5. The molecular formula is C21H26F2N6O. The number of amides is 1. The average Bonchev–Trinajstić information content (AvgIpc) is 3.10. The number of rotatable bonds is 6. The number of fused-ring (bicyclic) bond motifs is 3. The maximum atomic E-state index is 14.1. The van der Waals surface area contributed by atoms with Gasteiger partial charge in [0, 0.05) is 31.5 Å². The summed E-state index contributed by atoms with van der Waals surface area (Å²) in [7, 11) is 1.86. The lowest BCUT2D eigenvalue weighted by Gasteiger charge is -2.36. The maximum absolute atomic E-state index is 14.1. The van der Waals surface area contributed by atoms with E-state index in [-0.39, 0.29) is 40.4 Å². The number of hydrogen-bond acceptors (Lipinski definition) is 5. The summed E-state index contributed by atoms with van der Waals surface area (Å²) in [5, 5.41) is 4.58. The van der Waals surface area contributed by atoms with Crippen LogP contribution in [0, 0.1) is 23.5 Å². The van der Waals surface area contributed by atoms with Gasteiger partial charge in [-0.2, -0.15) is 4.52 Å². The van der Waals surface area contributed by atoms with Crippen LogP contribution in [0.4, 0.5) is 14.7 Å². The number of carbonyl (C=O) groups is 1. The quantitative estimate of drug-likeness (QED) is 0.666. The van der Waals surface area contributed by atoms with E-state index in [4.69, 9.17) is 5.73 Å². The van der Waals surface area contributed by atoms with E-state index < -0.39 is 11.6 Å². The van der Waals surface area contributed by atoms with Gasteiger partial charge in [-0.25, -0.2) is 18.7 Å². The van der Waals surface area contributed by atoms with Crippen molar-refractivity contribution in [1.82, 2.24) is 24.5 Å². The standard InChI is InChI=1S/C21H26F2N6O/c1-11-7-13(8-11)20(30)28(3)12(2)5-4-6-17-25-19-15-9-14(22)10-16(23)18(15)26-21(24)29(19)27-17/h9-13H,4-8H2,1-3H3,(H2,24,26)/t11?,12-,13?/m0/s1. The molecule has 1 aliphatic rings. The van der Waals surface area contributed by atoms with Gasteiger partial charge in [0.05, 0.1) is 5.39 Å². The lowest BCUT2D eigenvalue weighted by atomic mass is 9.75. The van der Waals surface area contributed by atoms with Crippen molar-refractivity contribution < 1.29 is 13.6 Å². The van der Waals surface area contributed by atoms with Crippen LogP contribution >= 0.6 is 0 Å². The molecule has 9 heteroatoms. The van der Waals surface area contributed by atoms with Gasteiger partial charge < -0.3 is 10.6 Å². The van der Waals surface area contributed by atoms with Gasteiger partial charge in [-0.3, -0.25) is 4.79 Å². The summed E-state index contributed by atoms with van der Waals surface area (Å²) in [6.45, 7) is 4.21. The molecule has 0 bridgehead atoms. The molecule has 1 amide bonds. The molecule has 2 N–H and O–H groups in total. The van der Waals surface area contributed by atoms with Gasteiger partial charge in [0.25, 0.3) is 0 Å². The van der Waals surface area contributed by atoms with E-state index in [0.717, 1.165) is 31.7 Å². The Morgan fingerprint density at radius 2 is 2.07 bits per heavy atom. The first-order valence-corrected chi connectivity index (χ1v) is 10.3. The highest BCUT2D eigenvalue weighted by molar-refractivity contribution is 5.92. The highest BCUT2D eigenvalue weighted by atomic mass is 19.1. The molecule has 1 fully saturated rings. The summed E-state index contributed by atoms with van der Waals surface area (Å²) in [6, 6.07) is 2.07. The first-order chi connectivity index (χ1) is 14.2. The molecule has 1 saturated carbocycles. The summed E-state index contributed by atoms with van der Waals surface area (Å²) < 4.78 is 29.1. The second kappa shape index (κ2) is 7.77. The smallest absolute Gasteiger partial charge is 0.225 e. The predicted molar refractivity (Wildman–Crippen MR) is 110 cm³/mol. The van der Waals surface area contributed by atoms with Crippen molar-refractivity contribution in [2.75, 3.05) is 12.8 Å². The molecule has 1 aliphatic carbocycles. The van der Waals surface area contributed by atoms with Gasteiger partial charge in [0.15, 0.2) is 17.3 Å². The molecule has 2 heterocycles. The third kappa shape index (κ3) is 3.68. The number of anilines is 1. The fraction of sp³-hybridized carbons (Fsp3) is 0.524. The lowest BCUT2D eigenvalue weighted by Crippen LogP contribution is -2.43. The van der Waals surface area contributed by atoms with Crippen LogP contribution in [-0.2, 0) is 11.2 Å². The number of aromatic nitrogens is 4. The number of aryl methyl sites for hydroxylation is 1. The lowest BCUT2D eigenvalue weighted by molar-refractivity contribution is -0.140. The van der Waals surface area contributed by atoms with Crippen LogP contribution in [0.5, 0.6) is 0 Å². The van der Waals surface area contributed by atoms with E-state index >= 15 is 0 Å². The Hall–Kier alpha value is -2.84. The Balaban J connectivity index is 1.45. The van der Waals surface area contributed by atoms with Crippen molar-refractivity contribution in [3.8, 4) is 0 Å². The molecule has 7 nitrogen and oxygen atoms in total. The van der Waals surface area contributed by atoms with Crippen LogP contribution in [-0.4, -0.2) is 43.5 Å².